The first-order valence-corrected chi connectivity index (χ1v) is 24.2. The lowest BCUT2D eigenvalue weighted by Crippen LogP contribution is -2.13. The molecule has 1 fully saturated rings. The summed E-state index contributed by atoms with van der Waals surface area (Å²) in [6, 6.07) is 62.8. The van der Waals surface area contributed by atoms with Crippen LogP contribution in [0.25, 0.3) is 76.2 Å². The number of hydrogen-bond acceptors (Lipinski definition) is 4. The number of para-hydroxylation sites is 6. The Hall–Kier alpha value is -7.56. The minimum Gasteiger partial charge on any atom is -0.454 e. The third-order valence-electron chi connectivity index (χ3n) is 14.7. The average Bonchev–Trinajstić information content (AvgIpc) is 4.03. The van der Waals surface area contributed by atoms with Crippen LogP contribution in [0.1, 0.15) is 87.5 Å². The van der Waals surface area contributed by atoms with Gasteiger partial charge in [-0.2, -0.15) is 0 Å². The van der Waals surface area contributed by atoms with Gasteiger partial charge in [-0.05, 0) is 129 Å². The molecule has 0 spiro atoms. The fourth-order valence-corrected chi connectivity index (χ4v) is 11.3. The Labute approximate surface area is 391 Å². The van der Waals surface area contributed by atoms with Crippen LogP contribution < -0.4 is 9.80 Å². The van der Waals surface area contributed by atoms with E-state index in [-0.39, 0.29) is 11.8 Å². The van der Waals surface area contributed by atoms with Crippen LogP contribution in [0.4, 0.5) is 34.1 Å². The molecule has 0 saturated heterocycles. The van der Waals surface area contributed by atoms with E-state index in [4.69, 9.17) is 8.83 Å². The van der Waals surface area contributed by atoms with Crippen molar-refractivity contribution in [2.24, 2.45) is 0 Å². The summed E-state index contributed by atoms with van der Waals surface area (Å²) in [5.41, 5.74) is 15.5. The summed E-state index contributed by atoms with van der Waals surface area (Å²) in [5.74, 6) is 1.08. The molecule has 0 aliphatic heterocycles. The third kappa shape index (κ3) is 6.05. The summed E-state index contributed by atoms with van der Waals surface area (Å²) in [6.07, 6.45) is 3.34. The van der Waals surface area contributed by atoms with E-state index in [0.29, 0.717) is 5.92 Å². The van der Waals surface area contributed by atoms with Crippen molar-refractivity contribution in [2.45, 2.75) is 71.6 Å². The number of aryl methyl sites for hydroxylation is 1. The van der Waals surface area contributed by atoms with E-state index in [1.54, 1.807) is 0 Å². The van der Waals surface area contributed by atoms with Crippen molar-refractivity contribution in [1.29, 1.82) is 0 Å². The highest BCUT2D eigenvalue weighted by Gasteiger charge is 2.30. The van der Waals surface area contributed by atoms with Gasteiger partial charge < -0.3 is 18.6 Å². The predicted molar refractivity (Wildman–Crippen MR) is 284 cm³/mol. The second-order valence-corrected chi connectivity index (χ2v) is 19.3. The van der Waals surface area contributed by atoms with E-state index in [2.05, 4.69) is 214 Å². The van der Waals surface area contributed by atoms with Crippen LogP contribution in [0.5, 0.6) is 0 Å². The Morgan fingerprint density at radius 3 is 1.33 bits per heavy atom. The van der Waals surface area contributed by atoms with Gasteiger partial charge in [0.2, 0.25) is 0 Å². The van der Waals surface area contributed by atoms with Crippen molar-refractivity contribution >= 4 is 110 Å². The Morgan fingerprint density at radius 2 is 0.851 bits per heavy atom. The van der Waals surface area contributed by atoms with E-state index < -0.39 is 0 Å². The number of furan rings is 2. The van der Waals surface area contributed by atoms with Gasteiger partial charge in [-0.1, -0.05) is 156 Å². The van der Waals surface area contributed by atoms with E-state index in [9.17, 15) is 0 Å². The molecule has 1 aliphatic rings. The lowest BCUT2D eigenvalue weighted by Gasteiger charge is -2.31. The minimum atomic E-state index is 0.256. The molecule has 0 atom stereocenters. The number of anilines is 6. The van der Waals surface area contributed by atoms with Gasteiger partial charge >= 0.3 is 0 Å². The zero-order valence-corrected chi connectivity index (χ0v) is 38.7. The normalized spacial score (nSPS) is 13.3. The lowest BCUT2D eigenvalue weighted by molar-refractivity contribution is 0.663. The first kappa shape index (κ1) is 39.8. The summed E-state index contributed by atoms with van der Waals surface area (Å²) >= 11 is 0. The fourth-order valence-electron chi connectivity index (χ4n) is 11.3. The predicted octanol–water partition coefficient (Wildman–Crippen LogP) is 19.0. The molecule has 10 aromatic carbocycles. The molecule has 67 heavy (non-hydrogen) atoms. The second-order valence-electron chi connectivity index (χ2n) is 19.3. The van der Waals surface area contributed by atoms with E-state index in [1.807, 2.05) is 0 Å². The summed E-state index contributed by atoms with van der Waals surface area (Å²) in [6.45, 7) is 11.5. The van der Waals surface area contributed by atoms with Gasteiger partial charge in [-0.3, -0.25) is 0 Å². The Balaban J connectivity index is 1.13. The van der Waals surface area contributed by atoms with Gasteiger partial charge in [0.15, 0.2) is 11.2 Å². The minimum absolute atomic E-state index is 0.256. The molecule has 12 aromatic rings. The van der Waals surface area contributed by atoms with E-state index in [1.165, 1.54) is 72.8 Å². The molecule has 0 unspecified atom stereocenters. The van der Waals surface area contributed by atoms with E-state index in [0.717, 1.165) is 79.0 Å². The number of nitrogens with zero attached hydrogens (tertiary/aromatic N) is 2. The molecule has 0 N–H and O–H groups in total. The van der Waals surface area contributed by atoms with Gasteiger partial charge in [0.25, 0.3) is 0 Å². The summed E-state index contributed by atoms with van der Waals surface area (Å²) in [7, 11) is 0. The van der Waals surface area contributed by atoms with Gasteiger partial charge in [-0.25, -0.2) is 0 Å². The third-order valence-corrected chi connectivity index (χ3v) is 14.7. The topological polar surface area (TPSA) is 32.8 Å². The highest BCUT2D eigenvalue weighted by molar-refractivity contribution is 6.30. The van der Waals surface area contributed by atoms with Crippen molar-refractivity contribution in [3.05, 3.63) is 192 Å². The van der Waals surface area contributed by atoms with Crippen LogP contribution in [0.15, 0.2) is 179 Å². The molecule has 0 radical (unpaired) electrons. The quantitative estimate of drug-likeness (QED) is 0.128. The van der Waals surface area contributed by atoms with Crippen molar-refractivity contribution in [1.82, 2.24) is 0 Å². The van der Waals surface area contributed by atoms with Gasteiger partial charge in [0, 0.05) is 43.7 Å². The molecule has 4 heteroatoms. The maximum Gasteiger partial charge on any atom is 0.159 e. The van der Waals surface area contributed by atoms with Crippen LogP contribution in [0.3, 0.4) is 0 Å². The molecule has 1 saturated carbocycles. The maximum atomic E-state index is 7.12. The Kier molecular flexibility index (Phi) is 9.05. The summed E-state index contributed by atoms with van der Waals surface area (Å²) in [4.78, 5) is 4.92. The summed E-state index contributed by atoms with van der Waals surface area (Å²) < 4.78 is 14.1. The molecular weight excluding hydrogens is 817 g/mol. The summed E-state index contributed by atoms with van der Waals surface area (Å²) in [5, 5.41) is 12.2. The highest BCUT2D eigenvalue weighted by atomic mass is 16.3. The van der Waals surface area contributed by atoms with Crippen LogP contribution in [-0.4, -0.2) is 0 Å². The number of rotatable bonds is 10. The first-order valence-electron chi connectivity index (χ1n) is 24.2. The zero-order chi connectivity index (χ0) is 45.1. The van der Waals surface area contributed by atoms with E-state index >= 15 is 0 Å². The van der Waals surface area contributed by atoms with Crippen molar-refractivity contribution < 1.29 is 8.83 Å². The smallest absolute Gasteiger partial charge is 0.159 e. The van der Waals surface area contributed by atoms with Crippen LogP contribution in [0.2, 0.25) is 0 Å². The second kappa shape index (κ2) is 15.3. The monoisotopic (exact) mass is 868 g/mol. The maximum absolute atomic E-state index is 7.12. The SMILES string of the molecule is CCc1cccc2c1oc1c(N(c3ccccc3)c3cc(C(C)C)c4ccc5c(N(c6ccccc6)c6cccc7c6oc6c(C8CC8)cccc67)cc(C(C)C)c6ccc3c4c65)cccc12. The Morgan fingerprint density at radius 1 is 0.418 bits per heavy atom. The molecular formula is C63H52N2O2. The van der Waals surface area contributed by atoms with Crippen molar-refractivity contribution in [3.8, 4) is 0 Å². The molecule has 2 heterocycles. The largest absolute Gasteiger partial charge is 0.454 e. The van der Waals surface area contributed by atoms with Crippen molar-refractivity contribution in [3.63, 3.8) is 0 Å². The standard InChI is InChI=1S/C63H52N2O2/c1-6-39-17-13-23-46-48-25-15-27-54(62(48)66-60(39)46)64(41-18-9-7-10-19-41)56-35-52(37(2)3)44-32-34-51-57(36-53(38(4)5)45-31-33-50(56)58(44)59(45)51)65(42-20-11-8-12-21-42)55-28-16-26-49-47-24-14-22-43(40-29-30-40)61(47)67-63(49)55/h7-28,31-38,40H,6,29-30H2,1-5H3. The number of fused-ring (bicyclic) bond motifs is 6. The number of hydrogen-bond donors (Lipinski definition) is 0. The highest BCUT2D eigenvalue weighted by Crippen LogP contribution is 2.53. The molecule has 326 valence electrons. The molecule has 0 bridgehead atoms. The molecule has 13 rings (SSSR count). The fraction of sp³-hybridized carbons (Fsp3) is 0.175. The molecule has 1 aliphatic carbocycles. The van der Waals surface area contributed by atoms with Gasteiger partial charge in [-0.15, -0.1) is 0 Å². The zero-order valence-electron chi connectivity index (χ0n) is 38.7. The molecule has 0 amide bonds. The van der Waals surface area contributed by atoms with Crippen LogP contribution in [0, 0.1) is 0 Å². The molecule has 4 nitrogen and oxygen atoms in total. The first-order chi connectivity index (χ1) is 32.9. The number of benzene rings is 10. The Bertz CT molecular complexity index is 3870. The lowest BCUT2D eigenvalue weighted by atomic mass is 9.84. The van der Waals surface area contributed by atoms with Crippen LogP contribution in [-0.2, 0) is 6.42 Å². The van der Waals surface area contributed by atoms with Gasteiger partial charge in [0.1, 0.15) is 11.2 Å². The van der Waals surface area contributed by atoms with Crippen LogP contribution >= 0.6 is 0 Å². The average molecular weight is 869 g/mol. The van der Waals surface area contributed by atoms with Crippen molar-refractivity contribution in [2.75, 3.05) is 9.80 Å². The van der Waals surface area contributed by atoms with Gasteiger partial charge in [0.05, 0.1) is 22.7 Å². The molecule has 2 aromatic heterocycles.